The van der Waals surface area contributed by atoms with E-state index in [-0.39, 0.29) is 0 Å². The molecular weight excluding hydrogens is 721 g/mol. The molecule has 2 aromatic heterocycles. The van der Waals surface area contributed by atoms with Gasteiger partial charge in [-0.2, -0.15) is 10.5 Å². The highest BCUT2D eigenvalue weighted by molar-refractivity contribution is 5.98. The predicted molar refractivity (Wildman–Crippen MR) is 231 cm³/mol. The summed E-state index contributed by atoms with van der Waals surface area (Å²) in [6, 6.07) is 59.0. The molecule has 0 saturated carbocycles. The minimum absolute atomic E-state index is 0.598. The number of nitrogens with zero attached hydrogens (tertiary/aromatic N) is 6. The first-order valence-electron chi connectivity index (χ1n) is 19.4. The van der Waals surface area contributed by atoms with E-state index >= 15 is 0 Å². The van der Waals surface area contributed by atoms with Gasteiger partial charge in [0.2, 0.25) is 0 Å². The fourth-order valence-corrected chi connectivity index (χ4v) is 9.09. The lowest BCUT2D eigenvalue weighted by Crippen LogP contribution is -2.29. The lowest BCUT2D eigenvalue weighted by molar-refractivity contribution is 0.776. The highest BCUT2D eigenvalue weighted by atomic mass is 14.9. The maximum absolute atomic E-state index is 9.29. The fourth-order valence-electron chi connectivity index (χ4n) is 9.09. The molecular formula is C53H30N6. The second-order valence-corrected chi connectivity index (χ2v) is 14.9. The maximum Gasteiger partial charge on any atom is 0.159 e. The van der Waals surface area contributed by atoms with Gasteiger partial charge >= 0.3 is 0 Å². The van der Waals surface area contributed by atoms with Gasteiger partial charge in [0.25, 0.3) is 0 Å². The molecule has 2 aliphatic rings. The predicted octanol–water partition coefficient (Wildman–Crippen LogP) is 11.7. The Morgan fingerprint density at radius 2 is 0.661 bits per heavy atom. The summed E-state index contributed by atoms with van der Waals surface area (Å²) in [5, 5.41) is 18.6. The monoisotopic (exact) mass is 750 g/mol. The van der Waals surface area contributed by atoms with Gasteiger partial charge in [0.15, 0.2) is 11.6 Å². The summed E-state index contributed by atoms with van der Waals surface area (Å²) in [6.07, 6.45) is 7.57. The van der Waals surface area contributed by atoms with E-state index in [4.69, 9.17) is 19.9 Å². The zero-order chi connectivity index (χ0) is 39.5. The minimum atomic E-state index is -0.699. The summed E-state index contributed by atoms with van der Waals surface area (Å²) >= 11 is 0. The standard InChI is InChI=1S/C53H30N6/c54-27-33-13-17-35(18-14-33)51-56-29-39(30-57-51)37-21-23-45-41-7-1-2-8-42(41)46-24-22-38(40-31-58-52(59-32-40)36-19-15-34(28-55)16-20-36)26-50(46)53(49(45)25-37)47-11-5-3-9-43(47)44-10-4-6-12-48(44)53/h1-26,29-32H. The molecule has 6 heteroatoms. The molecule has 0 atom stereocenters. The Bertz CT molecular complexity index is 2990. The Labute approximate surface area is 341 Å². The topological polar surface area (TPSA) is 99.1 Å². The molecule has 6 nitrogen and oxygen atoms in total. The zero-order valence-electron chi connectivity index (χ0n) is 31.5. The summed E-state index contributed by atoms with van der Waals surface area (Å²) in [5.74, 6) is 1.21. The van der Waals surface area contributed by atoms with E-state index in [1.807, 2.05) is 49.1 Å². The van der Waals surface area contributed by atoms with Crippen LogP contribution >= 0.6 is 0 Å². The molecule has 0 amide bonds. The first kappa shape index (κ1) is 34.0. The normalized spacial score (nSPS) is 12.5. The van der Waals surface area contributed by atoms with E-state index in [0.717, 1.165) is 33.4 Å². The average Bonchev–Trinajstić information content (AvgIpc) is 3.56. The number of rotatable bonds is 4. The lowest BCUT2D eigenvalue weighted by atomic mass is 9.65. The Morgan fingerprint density at radius 3 is 1.05 bits per heavy atom. The van der Waals surface area contributed by atoms with Crippen molar-refractivity contribution < 1.29 is 0 Å². The van der Waals surface area contributed by atoms with Crippen molar-refractivity contribution in [2.45, 2.75) is 5.41 Å². The van der Waals surface area contributed by atoms with Gasteiger partial charge in [-0.3, -0.25) is 0 Å². The SMILES string of the molecule is N#Cc1ccc(-c2ncc(-c3ccc4c(c3)C3(c5cc(-c6cnc(-c7ccc(C#N)cc7)nc6)ccc5-c5ccccc5-4)c4ccccc4-c4ccccc43)cn2)cc1. The molecule has 0 fully saturated rings. The van der Waals surface area contributed by atoms with E-state index in [1.54, 1.807) is 24.3 Å². The van der Waals surface area contributed by atoms with Gasteiger partial charge in [0, 0.05) is 47.0 Å². The molecule has 0 aliphatic heterocycles. The van der Waals surface area contributed by atoms with Crippen molar-refractivity contribution in [1.82, 2.24) is 19.9 Å². The van der Waals surface area contributed by atoms with Crippen molar-refractivity contribution in [2.24, 2.45) is 0 Å². The summed E-state index contributed by atoms with van der Waals surface area (Å²) in [6.45, 7) is 0. The molecule has 0 unspecified atom stereocenters. The summed E-state index contributed by atoms with van der Waals surface area (Å²) < 4.78 is 0. The third-order valence-corrected chi connectivity index (χ3v) is 11.8. The summed E-state index contributed by atoms with van der Waals surface area (Å²) in [4.78, 5) is 19.2. The van der Waals surface area contributed by atoms with Crippen LogP contribution in [0.25, 0.3) is 78.4 Å². The Hall–Kier alpha value is -8.32. The molecule has 2 heterocycles. The quantitative estimate of drug-likeness (QED) is 0.178. The number of benzene rings is 7. The summed E-state index contributed by atoms with van der Waals surface area (Å²) in [7, 11) is 0. The van der Waals surface area contributed by atoms with Crippen LogP contribution in [0.5, 0.6) is 0 Å². The van der Waals surface area contributed by atoms with Gasteiger partial charge in [-0.25, -0.2) is 19.9 Å². The van der Waals surface area contributed by atoms with Crippen molar-refractivity contribution in [3.05, 3.63) is 216 Å². The fraction of sp³-hybridized carbons (Fsp3) is 0.0189. The Morgan fingerprint density at radius 1 is 0.322 bits per heavy atom. The highest BCUT2D eigenvalue weighted by Gasteiger charge is 2.49. The van der Waals surface area contributed by atoms with Crippen LogP contribution in [0, 0.1) is 22.7 Å². The van der Waals surface area contributed by atoms with Crippen molar-refractivity contribution in [3.8, 4) is 90.5 Å². The second-order valence-electron chi connectivity index (χ2n) is 14.9. The van der Waals surface area contributed by atoms with Crippen molar-refractivity contribution in [2.75, 3.05) is 0 Å². The molecule has 0 radical (unpaired) electrons. The average molecular weight is 751 g/mol. The van der Waals surface area contributed by atoms with Gasteiger partial charge < -0.3 is 0 Å². The van der Waals surface area contributed by atoms with Crippen LogP contribution in [-0.4, -0.2) is 19.9 Å². The molecule has 272 valence electrons. The number of hydrogen-bond donors (Lipinski definition) is 0. The maximum atomic E-state index is 9.29. The number of fused-ring (bicyclic) bond motifs is 12. The smallest absolute Gasteiger partial charge is 0.159 e. The van der Waals surface area contributed by atoms with Crippen LogP contribution in [0.4, 0.5) is 0 Å². The van der Waals surface area contributed by atoms with Gasteiger partial charge in [-0.15, -0.1) is 0 Å². The van der Waals surface area contributed by atoms with Crippen LogP contribution in [0.3, 0.4) is 0 Å². The van der Waals surface area contributed by atoms with Gasteiger partial charge in [0.05, 0.1) is 28.7 Å². The molecule has 1 spiro atoms. The van der Waals surface area contributed by atoms with Crippen LogP contribution in [-0.2, 0) is 5.41 Å². The van der Waals surface area contributed by atoms with E-state index in [9.17, 15) is 10.5 Å². The van der Waals surface area contributed by atoms with Gasteiger partial charge in [0.1, 0.15) is 0 Å². The highest BCUT2D eigenvalue weighted by Crippen LogP contribution is 2.62. The van der Waals surface area contributed by atoms with E-state index < -0.39 is 5.41 Å². The first-order valence-corrected chi connectivity index (χ1v) is 19.4. The third kappa shape index (κ3) is 5.25. The van der Waals surface area contributed by atoms with Crippen molar-refractivity contribution in [1.29, 1.82) is 10.5 Å². The van der Waals surface area contributed by atoms with Crippen LogP contribution in [0.2, 0.25) is 0 Å². The zero-order valence-corrected chi connectivity index (χ0v) is 31.5. The van der Waals surface area contributed by atoms with Gasteiger partial charge in [-0.1, -0.05) is 97.1 Å². The Kier molecular flexibility index (Phi) is 7.72. The summed E-state index contributed by atoms with van der Waals surface area (Å²) in [5.41, 5.74) is 18.0. The van der Waals surface area contributed by atoms with Crippen LogP contribution in [0.15, 0.2) is 183 Å². The third-order valence-electron chi connectivity index (χ3n) is 11.8. The number of hydrogen-bond acceptors (Lipinski definition) is 6. The van der Waals surface area contributed by atoms with Crippen molar-refractivity contribution in [3.63, 3.8) is 0 Å². The first-order chi connectivity index (χ1) is 29.1. The van der Waals surface area contributed by atoms with E-state index in [1.165, 1.54) is 55.6 Å². The lowest BCUT2D eigenvalue weighted by Gasteiger charge is -2.36. The molecule has 0 N–H and O–H groups in total. The van der Waals surface area contributed by atoms with E-state index in [2.05, 4.69) is 121 Å². The molecule has 0 bridgehead atoms. The molecule has 11 rings (SSSR count). The van der Waals surface area contributed by atoms with Crippen LogP contribution in [0.1, 0.15) is 33.4 Å². The number of aromatic nitrogens is 4. The van der Waals surface area contributed by atoms with Crippen LogP contribution < -0.4 is 0 Å². The van der Waals surface area contributed by atoms with E-state index in [0.29, 0.717) is 22.8 Å². The Balaban J connectivity index is 1.14. The molecule has 7 aromatic carbocycles. The largest absolute Gasteiger partial charge is 0.236 e. The molecule has 59 heavy (non-hydrogen) atoms. The van der Waals surface area contributed by atoms with Gasteiger partial charge in [-0.05, 0) is 127 Å². The minimum Gasteiger partial charge on any atom is -0.236 e. The molecule has 9 aromatic rings. The molecule has 2 aliphatic carbocycles. The second kappa shape index (κ2) is 13.4. The van der Waals surface area contributed by atoms with Crippen molar-refractivity contribution >= 4 is 0 Å². The molecule has 0 saturated heterocycles. The number of nitriles is 2.